The van der Waals surface area contributed by atoms with Crippen LogP contribution in [0.1, 0.15) is 88.6 Å². The molecule has 1 saturated heterocycles. The lowest BCUT2D eigenvalue weighted by Crippen LogP contribution is -2.57. The number of carbonyl (C=O) groups excluding carboxylic acids is 4. The smallest absolute Gasteiger partial charge is 0.407 e. The molecule has 0 radical (unpaired) electrons. The molecule has 1 aromatic carbocycles. The quantitative estimate of drug-likeness (QED) is 0.198. The van der Waals surface area contributed by atoms with Crippen LogP contribution in [0, 0.1) is 35.3 Å². The van der Waals surface area contributed by atoms with Gasteiger partial charge in [-0.05, 0) is 48.6 Å². The third-order valence-electron chi connectivity index (χ3n) is 9.12. The van der Waals surface area contributed by atoms with Crippen molar-refractivity contribution in [1.29, 1.82) is 0 Å². The first-order chi connectivity index (χ1) is 23.4. The number of nitrogens with zero attached hydrogens (tertiary/aromatic N) is 1. The topological polar surface area (TPSA) is 154 Å². The standard InChI is InChI=1S/C34H47F5N4O7/c1-18(2)17-50-33(49)42-28(19(3)4)31(46)43-16-22(20-8-6-5-7-9-20)14-27(43)30(45)41-26(15-34(37,38)39)29(44)40-11-10-23-24(35)12-21(32(47)48)13-25(23)36/h12-13,18-20,22,26-28H,5-11,14-17H2,1-4H3,(H,40,44)(H,41,45)(H,42,49)(H,47,48)/t22-,26+,27+,28+/m1/s1. The normalized spacial score (nSPS) is 19.6. The van der Waals surface area contributed by atoms with E-state index in [0.29, 0.717) is 12.1 Å². The molecule has 0 bridgehead atoms. The van der Waals surface area contributed by atoms with Crippen LogP contribution in [-0.4, -0.2) is 83.8 Å². The summed E-state index contributed by atoms with van der Waals surface area (Å²) in [4.78, 5) is 65.5. The third kappa shape index (κ3) is 11.5. The van der Waals surface area contributed by atoms with Crippen LogP contribution in [0.4, 0.5) is 26.7 Å². The molecule has 2 fully saturated rings. The Balaban J connectivity index is 1.80. The van der Waals surface area contributed by atoms with Gasteiger partial charge in [0, 0.05) is 18.7 Å². The molecule has 2 aliphatic rings. The highest BCUT2D eigenvalue weighted by Crippen LogP contribution is 2.38. The Morgan fingerprint density at radius 1 is 0.960 bits per heavy atom. The van der Waals surface area contributed by atoms with E-state index in [9.17, 15) is 45.9 Å². The van der Waals surface area contributed by atoms with Crippen molar-refractivity contribution in [2.45, 2.75) is 103 Å². The molecule has 50 heavy (non-hydrogen) atoms. The van der Waals surface area contributed by atoms with Crippen LogP contribution in [0.3, 0.4) is 0 Å². The first kappa shape index (κ1) is 40.4. The van der Waals surface area contributed by atoms with Gasteiger partial charge in [-0.2, -0.15) is 13.2 Å². The number of carbonyl (C=O) groups is 5. The van der Waals surface area contributed by atoms with Gasteiger partial charge in [-0.1, -0.05) is 59.8 Å². The van der Waals surface area contributed by atoms with Gasteiger partial charge in [0.2, 0.25) is 17.7 Å². The van der Waals surface area contributed by atoms with Crippen molar-refractivity contribution < 1.29 is 55.8 Å². The Bertz CT molecular complexity index is 1360. The van der Waals surface area contributed by atoms with E-state index in [1.165, 1.54) is 4.90 Å². The number of aromatic carboxylic acids is 1. The maximum absolute atomic E-state index is 14.4. The molecule has 4 N–H and O–H groups in total. The average Bonchev–Trinajstić information content (AvgIpc) is 3.48. The number of hydrogen-bond acceptors (Lipinski definition) is 6. The molecule has 4 amide bonds. The van der Waals surface area contributed by atoms with E-state index >= 15 is 0 Å². The number of halogens is 5. The summed E-state index contributed by atoms with van der Waals surface area (Å²) in [5, 5.41) is 15.9. The molecule has 1 aliphatic heterocycles. The van der Waals surface area contributed by atoms with Crippen LogP contribution in [0.15, 0.2) is 12.1 Å². The highest BCUT2D eigenvalue weighted by molar-refractivity contribution is 5.94. The molecule has 0 unspecified atom stereocenters. The molecule has 1 saturated carbocycles. The number of hydrogen-bond donors (Lipinski definition) is 4. The molecular weight excluding hydrogens is 671 g/mol. The zero-order valence-corrected chi connectivity index (χ0v) is 28.7. The van der Waals surface area contributed by atoms with Gasteiger partial charge >= 0.3 is 18.2 Å². The lowest BCUT2D eigenvalue weighted by atomic mass is 9.79. The average molecular weight is 719 g/mol. The molecule has 0 aromatic heterocycles. The lowest BCUT2D eigenvalue weighted by Gasteiger charge is -2.31. The summed E-state index contributed by atoms with van der Waals surface area (Å²) in [6.45, 7) is 6.77. The van der Waals surface area contributed by atoms with Gasteiger partial charge in [-0.3, -0.25) is 14.4 Å². The van der Waals surface area contributed by atoms with Crippen molar-refractivity contribution in [3.05, 3.63) is 34.9 Å². The fourth-order valence-electron chi connectivity index (χ4n) is 6.52. The number of rotatable bonds is 14. The summed E-state index contributed by atoms with van der Waals surface area (Å²) in [5.41, 5.74) is -1.23. The van der Waals surface area contributed by atoms with Crippen LogP contribution in [0.5, 0.6) is 0 Å². The number of carboxylic acids is 1. The minimum absolute atomic E-state index is 0.0337. The van der Waals surface area contributed by atoms with Crippen LogP contribution < -0.4 is 16.0 Å². The second-order valence-electron chi connectivity index (χ2n) is 13.9. The van der Waals surface area contributed by atoms with Crippen LogP contribution in [0.25, 0.3) is 0 Å². The summed E-state index contributed by atoms with van der Waals surface area (Å²) in [5.74, 6) is -7.20. The van der Waals surface area contributed by atoms with Gasteiger partial charge in [0.15, 0.2) is 0 Å². The zero-order valence-electron chi connectivity index (χ0n) is 28.7. The Hall–Kier alpha value is -3.98. The van der Waals surface area contributed by atoms with Gasteiger partial charge in [0.25, 0.3) is 0 Å². The predicted octanol–water partition coefficient (Wildman–Crippen LogP) is 4.96. The number of ether oxygens (including phenoxy) is 1. The van der Waals surface area contributed by atoms with Crippen molar-refractivity contribution in [3.63, 3.8) is 0 Å². The monoisotopic (exact) mass is 718 g/mol. The summed E-state index contributed by atoms with van der Waals surface area (Å²) < 4.78 is 74.8. The van der Waals surface area contributed by atoms with Crippen molar-refractivity contribution in [2.24, 2.45) is 23.7 Å². The number of alkyl halides is 3. The molecule has 1 aliphatic carbocycles. The van der Waals surface area contributed by atoms with E-state index in [-0.39, 0.29) is 37.3 Å². The van der Waals surface area contributed by atoms with Gasteiger partial charge in [-0.15, -0.1) is 0 Å². The Morgan fingerprint density at radius 2 is 1.58 bits per heavy atom. The summed E-state index contributed by atoms with van der Waals surface area (Å²) >= 11 is 0. The Labute approximate surface area is 288 Å². The van der Waals surface area contributed by atoms with E-state index in [2.05, 4.69) is 16.0 Å². The van der Waals surface area contributed by atoms with Crippen molar-refractivity contribution in [2.75, 3.05) is 19.7 Å². The fraction of sp³-hybridized carbons (Fsp3) is 0.676. The molecule has 3 rings (SSSR count). The summed E-state index contributed by atoms with van der Waals surface area (Å²) in [6.07, 6.45) is -3.14. The minimum Gasteiger partial charge on any atom is -0.478 e. The molecule has 0 spiro atoms. The van der Waals surface area contributed by atoms with Gasteiger partial charge in [0.05, 0.1) is 18.6 Å². The Kier molecular flexibility index (Phi) is 14.4. The second-order valence-corrected chi connectivity index (χ2v) is 13.9. The van der Waals surface area contributed by atoms with E-state index < -0.39 is 102 Å². The number of likely N-dealkylation sites (tertiary alicyclic amines) is 1. The largest absolute Gasteiger partial charge is 0.478 e. The molecular formula is C34H47F5N4O7. The first-order valence-corrected chi connectivity index (χ1v) is 17.0. The van der Waals surface area contributed by atoms with Crippen molar-refractivity contribution in [1.82, 2.24) is 20.9 Å². The summed E-state index contributed by atoms with van der Waals surface area (Å²) in [7, 11) is 0. The molecule has 4 atom stereocenters. The van der Waals surface area contributed by atoms with Gasteiger partial charge in [-0.25, -0.2) is 18.4 Å². The van der Waals surface area contributed by atoms with E-state index in [1.807, 2.05) is 13.8 Å². The predicted molar refractivity (Wildman–Crippen MR) is 171 cm³/mol. The number of amides is 4. The van der Waals surface area contributed by atoms with Gasteiger partial charge < -0.3 is 30.7 Å². The number of nitrogens with one attached hydrogen (secondary N) is 3. The minimum atomic E-state index is -4.90. The van der Waals surface area contributed by atoms with Gasteiger partial charge in [0.1, 0.15) is 29.8 Å². The molecule has 1 aromatic rings. The molecule has 280 valence electrons. The van der Waals surface area contributed by atoms with E-state index in [1.54, 1.807) is 13.8 Å². The number of alkyl carbamates (subject to hydrolysis) is 1. The van der Waals surface area contributed by atoms with Crippen LogP contribution in [-0.2, 0) is 25.5 Å². The van der Waals surface area contributed by atoms with Crippen molar-refractivity contribution >= 4 is 29.8 Å². The zero-order chi connectivity index (χ0) is 37.3. The van der Waals surface area contributed by atoms with E-state index in [4.69, 9.17) is 9.84 Å². The first-order valence-electron chi connectivity index (χ1n) is 17.0. The molecule has 1 heterocycles. The van der Waals surface area contributed by atoms with Crippen LogP contribution in [0.2, 0.25) is 0 Å². The Morgan fingerprint density at radius 3 is 2.12 bits per heavy atom. The molecule has 11 nitrogen and oxygen atoms in total. The van der Waals surface area contributed by atoms with Crippen molar-refractivity contribution in [3.8, 4) is 0 Å². The van der Waals surface area contributed by atoms with Crippen LogP contribution >= 0.6 is 0 Å². The lowest BCUT2D eigenvalue weighted by molar-refractivity contribution is -0.153. The third-order valence-corrected chi connectivity index (χ3v) is 9.12. The number of carboxylic acid groups (broad SMARTS) is 1. The summed E-state index contributed by atoms with van der Waals surface area (Å²) in [6, 6.07) is -3.31. The van der Waals surface area contributed by atoms with E-state index in [0.717, 1.165) is 32.1 Å². The SMILES string of the molecule is CC(C)COC(=O)N[C@H](C(=O)N1C[C@H](C2CCCCC2)C[C@H]1C(=O)N[C@@H](CC(F)(F)F)C(=O)NCCc1c(F)cc(C(=O)O)cc1F)C(C)C. The molecule has 16 heteroatoms. The number of benzene rings is 1. The second kappa shape index (κ2) is 17.8. The fourth-order valence-corrected chi connectivity index (χ4v) is 6.52. The highest BCUT2D eigenvalue weighted by atomic mass is 19.4. The maximum Gasteiger partial charge on any atom is 0.407 e. The highest BCUT2D eigenvalue weighted by Gasteiger charge is 2.46. The maximum atomic E-state index is 14.4.